The van der Waals surface area contributed by atoms with Crippen LogP contribution in [0.1, 0.15) is 32.1 Å². The third kappa shape index (κ3) is 3.18. The van der Waals surface area contributed by atoms with Gasteiger partial charge in [0.2, 0.25) is 0 Å². The first-order valence-corrected chi connectivity index (χ1v) is 3.52. The number of rotatable bonds is 0. The maximum absolute atomic E-state index is 5.09. The third-order valence-corrected chi connectivity index (χ3v) is 2.02. The first-order chi connectivity index (χ1) is 3.39. The van der Waals surface area contributed by atoms with Gasteiger partial charge in [0.1, 0.15) is 0 Å². The van der Waals surface area contributed by atoms with E-state index < -0.39 is 0 Å². The summed E-state index contributed by atoms with van der Waals surface area (Å²) in [5, 5.41) is 0.619. The van der Waals surface area contributed by atoms with Crippen molar-refractivity contribution >= 4 is 12.6 Å². The molecule has 0 radical (unpaired) electrons. The predicted octanol–water partition coefficient (Wildman–Crippen LogP) is 1.86. The predicted molar refractivity (Wildman–Crippen MR) is 34.2 cm³/mol. The summed E-state index contributed by atoms with van der Waals surface area (Å²) in [5.74, 6) is 0. The Labute approximate surface area is 72.3 Å². The van der Waals surface area contributed by atoms with Crippen LogP contribution in [0.4, 0.5) is 0 Å². The second-order valence-electron chi connectivity index (χ2n) is 2.26. The van der Waals surface area contributed by atoms with E-state index in [4.69, 9.17) is 12.6 Å². The Morgan fingerprint density at radius 1 is 1.00 bits per heavy atom. The number of hydrogen-bond acceptors (Lipinski definition) is 1. The quantitative estimate of drug-likeness (QED) is 0.446. The van der Waals surface area contributed by atoms with Gasteiger partial charge in [-0.25, -0.2) is 0 Å². The Bertz CT molecular complexity index is 50.5. The summed E-state index contributed by atoms with van der Waals surface area (Å²) >= 11 is 5.09. The molecule has 52 valence electrons. The molecule has 1 saturated carbocycles. The van der Waals surface area contributed by atoms with Gasteiger partial charge in [-0.15, -0.1) is 0 Å². The second kappa shape index (κ2) is 4.92. The van der Waals surface area contributed by atoms with E-state index in [0.717, 1.165) is 0 Å². The van der Waals surface area contributed by atoms with E-state index in [-0.39, 0.29) is 22.4 Å². The smallest absolute Gasteiger partial charge is 0.789 e. The van der Waals surface area contributed by atoms with Crippen molar-refractivity contribution in [3.8, 4) is 0 Å². The summed E-state index contributed by atoms with van der Waals surface area (Å²) in [6.45, 7) is 0. The Morgan fingerprint density at radius 2 is 1.50 bits per heavy atom. The Hall–Kier alpha value is 1.09. The minimum Gasteiger partial charge on any atom is -0.789 e. The Kier molecular flexibility index (Phi) is 5.59. The topological polar surface area (TPSA) is 0 Å². The maximum atomic E-state index is 5.09. The SMILES string of the molecule is [Ag+].[S-]C1CCCCC1. The molecule has 0 aliphatic heterocycles. The molecule has 0 heterocycles. The summed E-state index contributed by atoms with van der Waals surface area (Å²) in [5.41, 5.74) is 0. The van der Waals surface area contributed by atoms with Crippen LogP contribution in [0.2, 0.25) is 0 Å². The van der Waals surface area contributed by atoms with Crippen molar-refractivity contribution in [1.29, 1.82) is 0 Å². The zero-order valence-corrected chi connectivity index (χ0v) is 7.12. The fraction of sp³-hybridized carbons (Fsp3) is 1.00. The van der Waals surface area contributed by atoms with Crippen LogP contribution in [0.25, 0.3) is 0 Å². The van der Waals surface area contributed by atoms with Crippen molar-refractivity contribution in [2.24, 2.45) is 0 Å². The summed E-state index contributed by atoms with van der Waals surface area (Å²) in [6.07, 6.45) is 6.79. The van der Waals surface area contributed by atoms with Crippen LogP contribution < -0.4 is 0 Å². The van der Waals surface area contributed by atoms with Crippen LogP contribution in [-0.4, -0.2) is 5.25 Å². The van der Waals surface area contributed by atoms with Crippen molar-refractivity contribution < 1.29 is 22.4 Å². The zero-order chi connectivity index (χ0) is 5.11. The minimum absolute atomic E-state index is 0. The maximum Gasteiger partial charge on any atom is 1.00 e. The minimum atomic E-state index is 0. The van der Waals surface area contributed by atoms with Crippen molar-refractivity contribution in [3.63, 3.8) is 0 Å². The van der Waals surface area contributed by atoms with Crippen molar-refractivity contribution in [3.05, 3.63) is 0 Å². The van der Waals surface area contributed by atoms with Gasteiger partial charge in [0.15, 0.2) is 0 Å². The molecule has 0 spiro atoms. The molecule has 0 saturated heterocycles. The Morgan fingerprint density at radius 3 is 1.75 bits per heavy atom. The van der Waals surface area contributed by atoms with Crippen LogP contribution in [0.3, 0.4) is 0 Å². The fourth-order valence-corrected chi connectivity index (χ4v) is 1.40. The van der Waals surface area contributed by atoms with E-state index in [1.165, 1.54) is 32.1 Å². The monoisotopic (exact) mass is 222 g/mol. The van der Waals surface area contributed by atoms with Crippen LogP contribution in [-0.2, 0) is 35.0 Å². The molecule has 0 nitrogen and oxygen atoms in total. The van der Waals surface area contributed by atoms with E-state index in [0.29, 0.717) is 5.25 Å². The molecule has 0 atom stereocenters. The molecule has 2 heteroatoms. The molecular weight excluding hydrogens is 212 g/mol. The first-order valence-electron chi connectivity index (χ1n) is 3.05. The molecule has 0 aromatic rings. The van der Waals surface area contributed by atoms with Gasteiger partial charge in [-0.05, 0) is 0 Å². The molecule has 1 rings (SSSR count). The van der Waals surface area contributed by atoms with Gasteiger partial charge in [0.05, 0.1) is 0 Å². The molecule has 0 aromatic carbocycles. The molecule has 0 unspecified atom stereocenters. The average Bonchev–Trinajstić information content (AvgIpc) is 1.69. The van der Waals surface area contributed by atoms with Crippen molar-refractivity contribution in [1.82, 2.24) is 0 Å². The second-order valence-corrected chi connectivity index (χ2v) is 2.93. The van der Waals surface area contributed by atoms with E-state index in [2.05, 4.69) is 0 Å². The molecule has 0 amide bonds. The van der Waals surface area contributed by atoms with Crippen LogP contribution in [0, 0.1) is 0 Å². The molecular formula is C6H11AgS. The number of hydrogen-bond donors (Lipinski definition) is 0. The van der Waals surface area contributed by atoms with Gasteiger partial charge in [-0.1, -0.05) is 32.1 Å². The average molecular weight is 223 g/mol. The van der Waals surface area contributed by atoms with Gasteiger partial charge < -0.3 is 12.6 Å². The van der Waals surface area contributed by atoms with Gasteiger partial charge in [-0.2, -0.15) is 5.25 Å². The van der Waals surface area contributed by atoms with Gasteiger partial charge >= 0.3 is 22.4 Å². The summed E-state index contributed by atoms with van der Waals surface area (Å²) < 4.78 is 0. The third-order valence-electron chi connectivity index (χ3n) is 1.55. The van der Waals surface area contributed by atoms with E-state index in [1.54, 1.807) is 0 Å². The molecule has 1 aliphatic rings. The standard InChI is InChI=1S/C6H12S.Ag/c7-6-4-2-1-3-5-6;/h6-7H,1-5H2;/q;+1/p-1. The molecule has 0 aromatic heterocycles. The van der Waals surface area contributed by atoms with Crippen LogP contribution >= 0.6 is 0 Å². The molecule has 1 aliphatic carbocycles. The van der Waals surface area contributed by atoms with Gasteiger partial charge in [0.25, 0.3) is 0 Å². The van der Waals surface area contributed by atoms with E-state index in [1.807, 2.05) is 0 Å². The molecule has 8 heavy (non-hydrogen) atoms. The van der Waals surface area contributed by atoms with Crippen LogP contribution in [0.5, 0.6) is 0 Å². The first kappa shape index (κ1) is 9.09. The van der Waals surface area contributed by atoms with E-state index >= 15 is 0 Å². The fourth-order valence-electron chi connectivity index (χ4n) is 1.07. The van der Waals surface area contributed by atoms with Gasteiger partial charge in [0, 0.05) is 0 Å². The van der Waals surface area contributed by atoms with Gasteiger partial charge in [-0.3, -0.25) is 0 Å². The molecule has 0 bridgehead atoms. The summed E-state index contributed by atoms with van der Waals surface area (Å²) in [4.78, 5) is 0. The van der Waals surface area contributed by atoms with Crippen molar-refractivity contribution in [2.45, 2.75) is 37.4 Å². The largest absolute Gasteiger partial charge is 1.00 e. The molecule has 0 N–H and O–H groups in total. The van der Waals surface area contributed by atoms with Crippen molar-refractivity contribution in [2.75, 3.05) is 0 Å². The summed E-state index contributed by atoms with van der Waals surface area (Å²) in [7, 11) is 0. The Balaban J connectivity index is 0.000000490. The van der Waals surface area contributed by atoms with E-state index in [9.17, 15) is 0 Å². The molecule has 1 fully saturated rings. The normalized spacial score (nSPS) is 22.1. The van der Waals surface area contributed by atoms with Crippen LogP contribution in [0.15, 0.2) is 0 Å². The zero-order valence-electron chi connectivity index (χ0n) is 4.82. The summed E-state index contributed by atoms with van der Waals surface area (Å²) in [6, 6.07) is 0.